The van der Waals surface area contributed by atoms with Gasteiger partial charge in [-0.15, -0.1) is 11.3 Å². The number of nitrogens with one attached hydrogen (secondary N) is 3. The van der Waals surface area contributed by atoms with Crippen molar-refractivity contribution in [3.05, 3.63) is 150 Å². The molecule has 2 aliphatic rings. The number of fused-ring (bicyclic) bond motifs is 5. The molecule has 6 heteroatoms. The van der Waals surface area contributed by atoms with Crippen molar-refractivity contribution in [3.8, 4) is 0 Å². The van der Waals surface area contributed by atoms with Gasteiger partial charge in [0.15, 0.2) is 0 Å². The molecule has 0 saturated heterocycles. The maximum absolute atomic E-state index is 8.99. The standard InChI is InChI=1S/C35H29N5S/c1-23(24-11-4-2-5-12-24)37-34(25-13-6-3-7-14-25)39-33(36)28-16-10-15-26(21-28)27-19-20-40-31(22-27)38-32-29-17-8-9-18-30(29)41-35(32)40/h2-22,31,34,38H,1H3,(H2,36,39)/b37-23+. The molecule has 41 heavy (non-hydrogen) atoms. The average molecular weight is 552 g/mol. The van der Waals surface area contributed by atoms with E-state index in [4.69, 9.17) is 10.4 Å². The van der Waals surface area contributed by atoms with E-state index in [2.05, 4.69) is 82.4 Å². The van der Waals surface area contributed by atoms with Crippen molar-refractivity contribution in [2.24, 2.45) is 4.99 Å². The van der Waals surface area contributed by atoms with Crippen molar-refractivity contribution < 1.29 is 0 Å². The number of hydrogen-bond donors (Lipinski definition) is 3. The lowest BCUT2D eigenvalue weighted by atomic mass is 10.00. The van der Waals surface area contributed by atoms with Crippen LogP contribution in [0, 0.1) is 5.41 Å². The third-order valence-corrected chi connectivity index (χ3v) is 8.73. The van der Waals surface area contributed by atoms with Gasteiger partial charge in [0.05, 0.1) is 5.69 Å². The Balaban J connectivity index is 1.13. The fraction of sp³-hybridized carbons (Fsp3) is 0.0857. The largest absolute Gasteiger partial charge is 0.359 e. The van der Waals surface area contributed by atoms with Crippen LogP contribution in [0.3, 0.4) is 0 Å². The van der Waals surface area contributed by atoms with E-state index in [-0.39, 0.29) is 12.3 Å². The summed E-state index contributed by atoms with van der Waals surface area (Å²) in [5, 5.41) is 18.6. The molecule has 200 valence electrons. The minimum absolute atomic E-state index is 0.0693. The van der Waals surface area contributed by atoms with Crippen molar-refractivity contribution in [1.29, 1.82) is 5.41 Å². The van der Waals surface area contributed by atoms with Crippen LogP contribution in [-0.2, 0) is 0 Å². The Bertz CT molecular complexity index is 1830. The number of allylic oxidation sites excluding steroid dienone is 2. The highest BCUT2D eigenvalue weighted by Gasteiger charge is 2.31. The van der Waals surface area contributed by atoms with Gasteiger partial charge in [0.25, 0.3) is 0 Å². The summed E-state index contributed by atoms with van der Waals surface area (Å²) in [6.07, 6.45) is 6.27. The molecule has 2 aliphatic heterocycles. The molecule has 0 radical (unpaired) electrons. The highest BCUT2D eigenvalue weighted by molar-refractivity contribution is 7.23. The topological polar surface area (TPSA) is 63.5 Å². The lowest BCUT2D eigenvalue weighted by molar-refractivity contribution is 0.682. The number of thiophene rings is 1. The van der Waals surface area contributed by atoms with Crippen LogP contribution in [-0.4, -0.2) is 17.7 Å². The van der Waals surface area contributed by atoms with Gasteiger partial charge in [-0.3, -0.25) is 10.4 Å². The lowest BCUT2D eigenvalue weighted by Crippen LogP contribution is -2.31. The zero-order valence-electron chi connectivity index (χ0n) is 22.6. The van der Waals surface area contributed by atoms with Crippen molar-refractivity contribution in [2.45, 2.75) is 19.3 Å². The Morgan fingerprint density at radius 2 is 1.63 bits per heavy atom. The minimum atomic E-state index is -0.383. The molecule has 2 atom stereocenters. The number of rotatable bonds is 6. The van der Waals surface area contributed by atoms with Crippen LogP contribution < -0.4 is 15.5 Å². The second-order valence-electron chi connectivity index (χ2n) is 10.2. The van der Waals surface area contributed by atoms with Gasteiger partial charge in [0.1, 0.15) is 23.2 Å². The first-order valence-corrected chi connectivity index (χ1v) is 14.5. The van der Waals surface area contributed by atoms with Gasteiger partial charge in [-0.1, -0.05) is 97.1 Å². The number of benzene rings is 4. The molecule has 4 aromatic carbocycles. The number of hydrogen-bond acceptors (Lipinski definition) is 5. The summed E-state index contributed by atoms with van der Waals surface area (Å²) in [7, 11) is 0. The van der Waals surface area contributed by atoms with E-state index in [1.807, 2.05) is 78.9 Å². The first-order valence-electron chi connectivity index (χ1n) is 13.7. The van der Waals surface area contributed by atoms with Crippen LogP contribution in [0.4, 0.5) is 10.7 Å². The van der Waals surface area contributed by atoms with Crippen molar-refractivity contribution in [1.82, 2.24) is 5.32 Å². The van der Waals surface area contributed by atoms with E-state index in [0.717, 1.165) is 33.5 Å². The van der Waals surface area contributed by atoms with Crippen LogP contribution in [0.1, 0.15) is 35.3 Å². The normalized spacial score (nSPS) is 16.5. The number of aliphatic imine (C=N–C) groups is 1. The summed E-state index contributed by atoms with van der Waals surface area (Å²) < 4.78 is 1.29. The Hall–Kier alpha value is -4.94. The summed E-state index contributed by atoms with van der Waals surface area (Å²) in [6.45, 7) is 2.02. The SMILES string of the molecule is C/C(=N\C(NC(=N)c1cccc(C2=CC3Nc4c(sc5ccccc45)N3C=C2)c1)c1ccccc1)c1ccccc1. The zero-order chi connectivity index (χ0) is 27.8. The monoisotopic (exact) mass is 551 g/mol. The molecule has 3 N–H and O–H groups in total. The van der Waals surface area contributed by atoms with E-state index >= 15 is 0 Å². The maximum Gasteiger partial charge on any atom is 0.146 e. The van der Waals surface area contributed by atoms with Gasteiger partial charge in [-0.05, 0) is 53.5 Å². The summed E-state index contributed by atoms with van der Waals surface area (Å²) >= 11 is 1.82. The Morgan fingerprint density at radius 3 is 2.46 bits per heavy atom. The number of anilines is 2. The van der Waals surface area contributed by atoms with E-state index in [9.17, 15) is 0 Å². The Morgan fingerprint density at radius 1 is 0.902 bits per heavy atom. The molecule has 1 aromatic heterocycles. The highest BCUT2D eigenvalue weighted by Crippen LogP contribution is 2.49. The summed E-state index contributed by atoms with van der Waals surface area (Å²) in [5.74, 6) is 0.333. The van der Waals surface area contributed by atoms with Crippen LogP contribution in [0.25, 0.3) is 15.7 Å². The van der Waals surface area contributed by atoms with E-state index < -0.39 is 0 Å². The second kappa shape index (κ2) is 10.6. The molecule has 0 amide bonds. The average Bonchev–Trinajstić information content (AvgIpc) is 3.57. The van der Waals surface area contributed by atoms with Gasteiger partial charge >= 0.3 is 0 Å². The second-order valence-corrected chi connectivity index (χ2v) is 11.2. The molecular weight excluding hydrogens is 522 g/mol. The van der Waals surface area contributed by atoms with Crippen LogP contribution in [0.15, 0.2) is 133 Å². The molecule has 5 nitrogen and oxygen atoms in total. The highest BCUT2D eigenvalue weighted by atomic mass is 32.1. The van der Waals surface area contributed by atoms with Gasteiger partial charge in [-0.2, -0.15) is 0 Å². The lowest BCUT2D eigenvalue weighted by Gasteiger charge is -2.25. The Labute approximate surface area is 243 Å². The quantitative estimate of drug-likeness (QED) is 0.147. The molecule has 5 aromatic rings. The third-order valence-electron chi connectivity index (χ3n) is 7.55. The molecule has 0 fully saturated rings. The van der Waals surface area contributed by atoms with Gasteiger partial charge in [0, 0.05) is 27.6 Å². The molecule has 0 spiro atoms. The zero-order valence-corrected chi connectivity index (χ0v) is 23.4. The third kappa shape index (κ3) is 4.83. The van der Waals surface area contributed by atoms with Gasteiger partial charge < -0.3 is 15.5 Å². The number of amidine groups is 1. The van der Waals surface area contributed by atoms with E-state index in [1.54, 1.807) is 0 Å². The predicted molar refractivity (Wildman–Crippen MR) is 173 cm³/mol. The van der Waals surface area contributed by atoms with Crippen molar-refractivity contribution in [3.63, 3.8) is 0 Å². The molecule has 2 unspecified atom stereocenters. The molecule has 0 bridgehead atoms. The first kappa shape index (κ1) is 25.1. The Kier molecular flexibility index (Phi) is 6.45. The van der Waals surface area contributed by atoms with Crippen LogP contribution in [0.2, 0.25) is 0 Å². The predicted octanol–water partition coefficient (Wildman–Crippen LogP) is 8.19. The van der Waals surface area contributed by atoms with Gasteiger partial charge in [-0.25, -0.2) is 0 Å². The number of nitrogens with zero attached hydrogens (tertiary/aromatic N) is 2. The fourth-order valence-corrected chi connectivity index (χ4v) is 6.59. The minimum Gasteiger partial charge on any atom is -0.359 e. The van der Waals surface area contributed by atoms with Crippen LogP contribution in [0.5, 0.6) is 0 Å². The van der Waals surface area contributed by atoms with Crippen LogP contribution >= 0.6 is 11.3 Å². The first-order chi connectivity index (χ1) is 20.1. The van der Waals surface area contributed by atoms with Crippen molar-refractivity contribution in [2.75, 3.05) is 10.2 Å². The van der Waals surface area contributed by atoms with E-state index in [0.29, 0.717) is 5.84 Å². The summed E-state index contributed by atoms with van der Waals surface area (Å²) in [5.41, 5.74) is 7.22. The molecular formula is C35H29N5S. The fourth-order valence-electron chi connectivity index (χ4n) is 5.41. The van der Waals surface area contributed by atoms with Crippen molar-refractivity contribution >= 4 is 49.2 Å². The smallest absolute Gasteiger partial charge is 0.146 e. The summed E-state index contributed by atoms with van der Waals surface area (Å²) in [4.78, 5) is 7.30. The maximum atomic E-state index is 8.99. The molecule has 0 aliphatic carbocycles. The molecule has 7 rings (SSSR count). The van der Waals surface area contributed by atoms with E-state index in [1.165, 1.54) is 20.8 Å². The molecule has 3 heterocycles. The molecule has 0 saturated carbocycles. The van der Waals surface area contributed by atoms with Gasteiger partial charge in [0.2, 0.25) is 0 Å². The summed E-state index contributed by atoms with van der Waals surface area (Å²) in [6, 6.07) is 37.0.